The van der Waals surface area contributed by atoms with Gasteiger partial charge in [0.1, 0.15) is 11.4 Å². The van der Waals surface area contributed by atoms with Crippen LogP contribution in [-0.2, 0) is 10.0 Å². The predicted molar refractivity (Wildman–Crippen MR) is 113 cm³/mol. The van der Waals surface area contributed by atoms with Crippen LogP contribution in [0, 0.1) is 10.1 Å². The van der Waals surface area contributed by atoms with E-state index in [1.165, 1.54) is 53.9 Å². The zero-order chi connectivity index (χ0) is 22.3. The Labute approximate surface area is 175 Å². The van der Waals surface area contributed by atoms with Crippen LogP contribution in [0.25, 0.3) is 0 Å². The van der Waals surface area contributed by atoms with Crippen LogP contribution in [0.4, 0.5) is 11.4 Å². The first-order valence-corrected chi connectivity index (χ1v) is 10.9. The first-order chi connectivity index (χ1) is 14.2. The second-order valence-corrected chi connectivity index (χ2v) is 8.46. The van der Waals surface area contributed by atoms with Crippen LogP contribution >= 0.6 is 0 Å². The first-order valence-electron chi connectivity index (χ1n) is 9.48. The molecule has 0 saturated carbocycles. The molecular formula is C20H25N3O6S. The Bertz CT molecular complexity index is 1000. The van der Waals surface area contributed by atoms with Gasteiger partial charge >= 0.3 is 0 Å². The van der Waals surface area contributed by atoms with E-state index in [9.17, 15) is 23.3 Å². The smallest absolute Gasteiger partial charge is 0.296 e. The van der Waals surface area contributed by atoms with Crippen molar-refractivity contribution in [3.63, 3.8) is 0 Å². The fourth-order valence-electron chi connectivity index (χ4n) is 2.87. The van der Waals surface area contributed by atoms with Gasteiger partial charge in [0.2, 0.25) is 10.0 Å². The van der Waals surface area contributed by atoms with E-state index in [0.717, 1.165) is 0 Å². The maximum absolute atomic E-state index is 12.8. The van der Waals surface area contributed by atoms with Crippen molar-refractivity contribution in [1.82, 2.24) is 4.31 Å². The molecule has 0 saturated heterocycles. The molecule has 2 aromatic carbocycles. The third kappa shape index (κ3) is 5.33. The Kier molecular flexibility index (Phi) is 7.90. The molecular weight excluding hydrogens is 410 g/mol. The number of amides is 1. The molecule has 1 N–H and O–H groups in total. The molecule has 10 heteroatoms. The minimum atomic E-state index is -3.65. The van der Waals surface area contributed by atoms with Crippen LogP contribution in [0.2, 0.25) is 0 Å². The summed E-state index contributed by atoms with van der Waals surface area (Å²) in [5.41, 5.74) is -0.118. The van der Waals surface area contributed by atoms with Gasteiger partial charge in [0.25, 0.3) is 11.6 Å². The number of benzene rings is 2. The van der Waals surface area contributed by atoms with Gasteiger partial charge in [-0.25, -0.2) is 8.42 Å². The molecule has 0 bridgehead atoms. The number of anilines is 1. The number of carbonyl (C=O) groups is 1. The number of hydrogen-bond donors (Lipinski definition) is 1. The molecule has 30 heavy (non-hydrogen) atoms. The van der Waals surface area contributed by atoms with Gasteiger partial charge in [-0.3, -0.25) is 14.9 Å². The Morgan fingerprint density at radius 3 is 2.20 bits per heavy atom. The lowest BCUT2D eigenvalue weighted by molar-refractivity contribution is -0.384. The van der Waals surface area contributed by atoms with Crippen molar-refractivity contribution in [2.45, 2.75) is 31.6 Å². The van der Waals surface area contributed by atoms with Gasteiger partial charge in [-0.1, -0.05) is 13.8 Å². The SMILES string of the molecule is CCCN(CCC)S(=O)(=O)c1ccc(C(=O)Nc2ccc(OC)cc2[N+](=O)[O-])cc1. The van der Waals surface area contributed by atoms with E-state index >= 15 is 0 Å². The Hall–Kier alpha value is -2.98. The predicted octanol–water partition coefficient (Wildman–Crippen LogP) is 3.67. The molecule has 0 radical (unpaired) electrons. The zero-order valence-electron chi connectivity index (χ0n) is 17.1. The minimum absolute atomic E-state index is 0.0135. The van der Waals surface area contributed by atoms with Gasteiger partial charge < -0.3 is 10.1 Å². The number of nitro benzene ring substituents is 1. The Morgan fingerprint density at radius 2 is 1.70 bits per heavy atom. The van der Waals surface area contributed by atoms with Crippen molar-refractivity contribution in [1.29, 1.82) is 0 Å². The average Bonchev–Trinajstić information content (AvgIpc) is 2.73. The van der Waals surface area contributed by atoms with Gasteiger partial charge in [0.15, 0.2) is 0 Å². The summed E-state index contributed by atoms with van der Waals surface area (Å²) < 4.78 is 32.0. The number of nitrogens with one attached hydrogen (secondary N) is 1. The Morgan fingerprint density at radius 1 is 1.10 bits per heavy atom. The number of hydrogen-bond acceptors (Lipinski definition) is 6. The van der Waals surface area contributed by atoms with E-state index in [1.54, 1.807) is 0 Å². The molecule has 9 nitrogen and oxygen atoms in total. The lowest BCUT2D eigenvalue weighted by atomic mass is 10.2. The number of ether oxygens (including phenoxy) is 1. The molecule has 0 aliphatic heterocycles. The summed E-state index contributed by atoms with van der Waals surface area (Å²) in [6, 6.07) is 9.58. The summed E-state index contributed by atoms with van der Waals surface area (Å²) in [5.74, 6) is -0.302. The topological polar surface area (TPSA) is 119 Å². The molecule has 1 amide bonds. The third-order valence-corrected chi connectivity index (χ3v) is 6.26. The monoisotopic (exact) mass is 435 g/mol. The summed E-state index contributed by atoms with van der Waals surface area (Å²) in [6.07, 6.45) is 1.39. The van der Waals surface area contributed by atoms with E-state index < -0.39 is 20.9 Å². The van der Waals surface area contributed by atoms with Crippen LogP contribution < -0.4 is 10.1 Å². The van der Waals surface area contributed by atoms with Crippen LogP contribution in [0.1, 0.15) is 37.0 Å². The second kappa shape index (κ2) is 10.2. The summed E-state index contributed by atoms with van der Waals surface area (Å²) in [6.45, 7) is 4.65. The number of nitro groups is 1. The number of sulfonamides is 1. The van der Waals surface area contributed by atoms with Gasteiger partial charge in [0.05, 0.1) is 23.0 Å². The van der Waals surface area contributed by atoms with Crippen LogP contribution in [0.15, 0.2) is 47.4 Å². The van der Waals surface area contributed by atoms with Gasteiger partial charge in [0, 0.05) is 18.7 Å². The maximum atomic E-state index is 12.8. The normalized spacial score (nSPS) is 11.3. The molecule has 0 heterocycles. The van der Waals surface area contributed by atoms with Crippen molar-refractivity contribution in [3.05, 3.63) is 58.1 Å². The lowest BCUT2D eigenvalue weighted by Gasteiger charge is -2.21. The van der Waals surface area contributed by atoms with Crippen molar-refractivity contribution in [2.75, 3.05) is 25.5 Å². The standard InChI is InChI=1S/C20H25N3O6S/c1-4-12-22(13-5-2)30(27,28)17-9-6-15(7-10-17)20(24)21-18-11-8-16(29-3)14-19(18)23(25)26/h6-11,14H,4-5,12-13H2,1-3H3,(H,21,24). The van der Waals surface area contributed by atoms with Gasteiger partial charge in [-0.2, -0.15) is 4.31 Å². The van der Waals surface area contributed by atoms with Gasteiger partial charge in [-0.15, -0.1) is 0 Å². The van der Waals surface area contributed by atoms with Crippen molar-refractivity contribution >= 4 is 27.3 Å². The molecule has 2 rings (SSSR count). The second-order valence-electron chi connectivity index (χ2n) is 6.52. The summed E-state index contributed by atoms with van der Waals surface area (Å²) >= 11 is 0. The molecule has 0 spiro atoms. The fraction of sp³-hybridized carbons (Fsp3) is 0.350. The molecule has 162 valence electrons. The molecule has 0 fully saturated rings. The van der Waals surface area contributed by atoms with E-state index in [1.807, 2.05) is 13.8 Å². The molecule has 0 aromatic heterocycles. The quantitative estimate of drug-likeness (QED) is 0.449. The van der Waals surface area contributed by atoms with Crippen LogP contribution in [-0.4, -0.2) is 43.8 Å². The van der Waals surface area contributed by atoms with E-state index in [2.05, 4.69) is 5.32 Å². The molecule has 0 aliphatic rings. The third-order valence-electron chi connectivity index (χ3n) is 4.35. The molecule has 2 aromatic rings. The number of methoxy groups -OCH3 is 1. The highest BCUT2D eigenvalue weighted by atomic mass is 32.2. The van der Waals surface area contributed by atoms with Crippen LogP contribution in [0.5, 0.6) is 5.75 Å². The average molecular weight is 436 g/mol. The van der Waals surface area contributed by atoms with E-state index in [0.29, 0.717) is 25.9 Å². The zero-order valence-corrected chi connectivity index (χ0v) is 17.9. The molecule has 0 unspecified atom stereocenters. The first kappa shape index (κ1) is 23.3. The Balaban J connectivity index is 2.25. The summed E-state index contributed by atoms with van der Waals surface area (Å²) in [7, 11) is -2.27. The number of carbonyl (C=O) groups excluding carboxylic acids is 1. The van der Waals surface area contributed by atoms with Crippen molar-refractivity contribution in [2.24, 2.45) is 0 Å². The molecule has 0 atom stereocenters. The largest absolute Gasteiger partial charge is 0.496 e. The van der Waals surface area contributed by atoms with E-state index in [-0.39, 0.29) is 27.6 Å². The number of rotatable bonds is 10. The number of nitrogens with zero attached hydrogens (tertiary/aromatic N) is 2. The van der Waals surface area contributed by atoms with E-state index in [4.69, 9.17) is 4.74 Å². The summed E-state index contributed by atoms with van der Waals surface area (Å²) in [5, 5.41) is 13.7. The maximum Gasteiger partial charge on any atom is 0.296 e. The summed E-state index contributed by atoms with van der Waals surface area (Å²) in [4.78, 5) is 23.3. The molecule has 0 aliphatic carbocycles. The lowest BCUT2D eigenvalue weighted by Crippen LogP contribution is -2.32. The highest BCUT2D eigenvalue weighted by Crippen LogP contribution is 2.29. The highest BCUT2D eigenvalue weighted by molar-refractivity contribution is 7.89. The van der Waals surface area contributed by atoms with Crippen LogP contribution in [0.3, 0.4) is 0 Å². The van der Waals surface area contributed by atoms with Crippen molar-refractivity contribution in [3.8, 4) is 5.75 Å². The van der Waals surface area contributed by atoms with Crippen molar-refractivity contribution < 1.29 is 22.9 Å². The highest BCUT2D eigenvalue weighted by Gasteiger charge is 2.23. The van der Waals surface area contributed by atoms with Gasteiger partial charge in [-0.05, 0) is 49.2 Å². The minimum Gasteiger partial charge on any atom is -0.496 e. The fourth-order valence-corrected chi connectivity index (χ4v) is 4.49.